The summed E-state index contributed by atoms with van der Waals surface area (Å²) >= 11 is 0. The minimum absolute atomic E-state index is 0.0130. The third-order valence-corrected chi connectivity index (χ3v) is 3.77. The Hall–Kier alpha value is -1.95. The standard InChI is InChI=1S/C17H28N4O2/c1-15(22)21(14-13-19(2)3)12-8-17(23)20(4)11-7-16-5-9-18-10-6-16/h5-6,9-10H,7-8,11-14H2,1-4H3. The topological polar surface area (TPSA) is 56.8 Å². The second kappa shape index (κ2) is 9.94. The van der Waals surface area contributed by atoms with Crippen LogP contribution in [0.25, 0.3) is 0 Å². The van der Waals surface area contributed by atoms with Crippen molar-refractivity contribution in [3.8, 4) is 0 Å². The molecule has 1 aromatic rings. The number of amides is 2. The number of pyridine rings is 1. The first-order valence-corrected chi connectivity index (χ1v) is 7.93. The van der Waals surface area contributed by atoms with Crippen LogP contribution in [0.1, 0.15) is 18.9 Å². The highest BCUT2D eigenvalue weighted by Gasteiger charge is 2.14. The lowest BCUT2D eigenvalue weighted by Crippen LogP contribution is -2.38. The van der Waals surface area contributed by atoms with Crippen molar-refractivity contribution in [3.63, 3.8) is 0 Å². The van der Waals surface area contributed by atoms with Gasteiger partial charge in [0.15, 0.2) is 0 Å². The molecule has 0 bridgehead atoms. The van der Waals surface area contributed by atoms with E-state index in [1.165, 1.54) is 0 Å². The molecule has 0 atom stereocenters. The van der Waals surface area contributed by atoms with Crippen LogP contribution in [0.4, 0.5) is 0 Å². The van der Waals surface area contributed by atoms with Crippen LogP contribution >= 0.6 is 0 Å². The molecule has 23 heavy (non-hydrogen) atoms. The fourth-order valence-electron chi connectivity index (χ4n) is 2.14. The van der Waals surface area contributed by atoms with Gasteiger partial charge in [0.1, 0.15) is 0 Å². The Morgan fingerprint density at radius 3 is 2.22 bits per heavy atom. The molecule has 1 rings (SSSR count). The molecule has 0 N–H and O–H groups in total. The highest BCUT2D eigenvalue weighted by atomic mass is 16.2. The third-order valence-electron chi connectivity index (χ3n) is 3.77. The Kier molecular flexibility index (Phi) is 8.26. The number of nitrogens with zero attached hydrogens (tertiary/aromatic N) is 4. The summed E-state index contributed by atoms with van der Waals surface area (Å²) in [5.41, 5.74) is 1.16. The molecule has 0 saturated carbocycles. The van der Waals surface area contributed by atoms with E-state index in [9.17, 15) is 9.59 Å². The SMILES string of the molecule is CC(=O)N(CCC(=O)N(C)CCc1ccncc1)CCN(C)C. The Morgan fingerprint density at radius 2 is 1.65 bits per heavy atom. The van der Waals surface area contributed by atoms with Crippen molar-refractivity contribution in [1.29, 1.82) is 0 Å². The van der Waals surface area contributed by atoms with Gasteiger partial charge in [0.25, 0.3) is 0 Å². The zero-order valence-corrected chi connectivity index (χ0v) is 14.7. The van der Waals surface area contributed by atoms with Crippen LogP contribution in [0.3, 0.4) is 0 Å². The lowest BCUT2D eigenvalue weighted by Gasteiger charge is -2.24. The van der Waals surface area contributed by atoms with Gasteiger partial charge in [-0.25, -0.2) is 0 Å². The zero-order chi connectivity index (χ0) is 17.2. The smallest absolute Gasteiger partial charge is 0.224 e. The first-order valence-electron chi connectivity index (χ1n) is 7.93. The van der Waals surface area contributed by atoms with Crippen molar-refractivity contribution in [1.82, 2.24) is 19.7 Å². The number of rotatable bonds is 9. The van der Waals surface area contributed by atoms with Gasteiger partial charge in [0, 0.05) is 59.0 Å². The molecule has 2 amide bonds. The monoisotopic (exact) mass is 320 g/mol. The van der Waals surface area contributed by atoms with E-state index in [-0.39, 0.29) is 11.8 Å². The molecule has 0 aliphatic heterocycles. The molecule has 0 aromatic carbocycles. The van der Waals surface area contributed by atoms with E-state index >= 15 is 0 Å². The van der Waals surface area contributed by atoms with Crippen molar-refractivity contribution in [2.24, 2.45) is 0 Å². The normalized spacial score (nSPS) is 10.7. The largest absolute Gasteiger partial charge is 0.345 e. The Morgan fingerprint density at radius 1 is 1.00 bits per heavy atom. The first-order chi connectivity index (χ1) is 10.9. The number of hydrogen-bond donors (Lipinski definition) is 0. The minimum atomic E-state index is 0.0130. The number of hydrogen-bond acceptors (Lipinski definition) is 4. The van der Waals surface area contributed by atoms with Crippen molar-refractivity contribution in [2.75, 3.05) is 47.3 Å². The lowest BCUT2D eigenvalue weighted by atomic mass is 10.2. The lowest BCUT2D eigenvalue weighted by molar-refractivity contribution is -0.132. The molecule has 1 aromatic heterocycles. The molecular formula is C17H28N4O2. The van der Waals surface area contributed by atoms with E-state index in [4.69, 9.17) is 0 Å². The number of carbonyl (C=O) groups is 2. The summed E-state index contributed by atoms with van der Waals surface area (Å²) in [6.07, 6.45) is 4.68. The van der Waals surface area contributed by atoms with E-state index < -0.39 is 0 Å². The molecule has 0 spiro atoms. The predicted molar refractivity (Wildman–Crippen MR) is 91.0 cm³/mol. The van der Waals surface area contributed by atoms with E-state index in [0.717, 1.165) is 18.5 Å². The summed E-state index contributed by atoms with van der Waals surface area (Å²) in [5.74, 6) is 0.0780. The highest BCUT2D eigenvalue weighted by Crippen LogP contribution is 2.02. The molecule has 0 fully saturated rings. The number of carbonyl (C=O) groups excluding carboxylic acids is 2. The Bertz CT molecular complexity index is 491. The molecule has 0 radical (unpaired) electrons. The Balaban J connectivity index is 2.36. The summed E-state index contributed by atoms with van der Waals surface area (Å²) in [6.45, 7) is 4.14. The van der Waals surface area contributed by atoms with Crippen LogP contribution in [-0.4, -0.2) is 78.8 Å². The van der Waals surface area contributed by atoms with Crippen LogP contribution in [0, 0.1) is 0 Å². The van der Waals surface area contributed by atoms with E-state index in [1.54, 1.807) is 36.2 Å². The summed E-state index contributed by atoms with van der Waals surface area (Å²) in [7, 11) is 5.74. The summed E-state index contributed by atoms with van der Waals surface area (Å²) in [5, 5.41) is 0. The maximum Gasteiger partial charge on any atom is 0.224 e. The Labute approximate surface area is 139 Å². The molecule has 0 unspecified atom stereocenters. The van der Waals surface area contributed by atoms with Crippen molar-refractivity contribution < 1.29 is 9.59 Å². The van der Waals surface area contributed by atoms with E-state index in [2.05, 4.69) is 4.98 Å². The number of aromatic nitrogens is 1. The second-order valence-corrected chi connectivity index (χ2v) is 5.98. The zero-order valence-electron chi connectivity index (χ0n) is 14.7. The molecule has 0 aliphatic carbocycles. The van der Waals surface area contributed by atoms with Gasteiger partial charge in [-0.15, -0.1) is 0 Å². The molecule has 0 aliphatic rings. The van der Waals surface area contributed by atoms with E-state index in [1.807, 2.05) is 31.1 Å². The quantitative estimate of drug-likeness (QED) is 0.678. The van der Waals surface area contributed by atoms with Crippen LogP contribution in [-0.2, 0) is 16.0 Å². The van der Waals surface area contributed by atoms with Gasteiger partial charge in [-0.05, 0) is 38.2 Å². The average molecular weight is 320 g/mol. The van der Waals surface area contributed by atoms with Crippen LogP contribution in [0.5, 0.6) is 0 Å². The molecule has 6 heteroatoms. The fourth-order valence-corrected chi connectivity index (χ4v) is 2.14. The van der Waals surface area contributed by atoms with Gasteiger partial charge in [-0.3, -0.25) is 14.6 Å². The summed E-state index contributed by atoms with van der Waals surface area (Å²) in [6, 6.07) is 3.91. The summed E-state index contributed by atoms with van der Waals surface area (Å²) in [4.78, 5) is 33.3. The molecule has 128 valence electrons. The first kappa shape index (κ1) is 19.1. The van der Waals surface area contributed by atoms with Gasteiger partial charge < -0.3 is 14.7 Å². The summed E-state index contributed by atoms with van der Waals surface area (Å²) < 4.78 is 0. The van der Waals surface area contributed by atoms with Crippen molar-refractivity contribution >= 4 is 11.8 Å². The predicted octanol–water partition coefficient (Wildman–Crippen LogP) is 0.883. The van der Waals surface area contributed by atoms with Gasteiger partial charge in [-0.2, -0.15) is 0 Å². The minimum Gasteiger partial charge on any atom is -0.345 e. The van der Waals surface area contributed by atoms with Crippen molar-refractivity contribution in [3.05, 3.63) is 30.1 Å². The second-order valence-electron chi connectivity index (χ2n) is 5.98. The third kappa shape index (κ3) is 7.74. The fraction of sp³-hybridized carbons (Fsp3) is 0.588. The molecular weight excluding hydrogens is 292 g/mol. The highest BCUT2D eigenvalue weighted by molar-refractivity contribution is 5.78. The van der Waals surface area contributed by atoms with Crippen LogP contribution < -0.4 is 0 Å². The van der Waals surface area contributed by atoms with Crippen LogP contribution in [0.15, 0.2) is 24.5 Å². The van der Waals surface area contributed by atoms with Gasteiger partial charge >= 0.3 is 0 Å². The van der Waals surface area contributed by atoms with Gasteiger partial charge in [0.2, 0.25) is 11.8 Å². The van der Waals surface area contributed by atoms with Crippen molar-refractivity contribution in [2.45, 2.75) is 19.8 Å². The maximum absolute atomic E-state index is 12.2. The number of likely N-dealkylation sites (N-methyl/N-ethyl adjacent to an activating group) is 2. The molecule has 6 nitrogen and oxygen atoms in total. The molecule has 0 saturated heterocycles. The van der Waals surface area contributed by atoms with Gasteiger partial charge in [0.05, 0.1) is 0 Å². The van der Waals surface area contributed by atoms with Crippen LogP contribution in [0.2, 0.25) is 0 Å². The van der Waals surface area contributed by atoms with Gasteiger partial charge in [-0.1, -0.05) is 0 Å². The maximum atomic E-state index is 12.2. The molecule has 1 heterocycles. The van der Waals surface area contributed by atoms with E-state index in [0.29, 0.717) is 26.1 Å². The average Bonchev–Trinajstić information content (AvgIpc) is 2.52.